The molecule has 0 unspecified atom stereocenters. The van der Waals surface area contributed by atoms with E-state index in [1.54, 1.807) is 18.2 Å². The molecule has 0 aromatic heterocycles. The summed E-state index contributed by atoms with van der Waals surface area (Å²) < 4.78 is 13.5. The molecule has 2 N–H and O–H groups in total. The number of hydrogen-bond donors (Lipinski definition) is 2. The van der Waals surface area contributed by atoms with E-state index in [-0.39, 0.29) is 24.8 Å². The molecule has 0 saturated heterocycles. The van der Waals surface area contributed by atoms with Crippen molar-refractivity contribution in [1.82, 2.24) is 10.6 Å². The summed E-state index contributed by atoms with van der Waals surface area (Å²) in [5, 5.41) is 5.92. The average Bonchev–Trinajstić information content (AvgIpc) is 2.60. The monoisotopic (exact) mass is 358 g/mol. The highest BCUT2D eigenvalue weighted by atomic mass is 35.5. The Morgan fingerprint density at radius 3 is 2.80 bits per heavy atom. The second-order valence-corrected chi connectivity index (χ2v) is 6.16. The number of amides is 2. The van der Waals surface area contributed by atoms with Gasteiger partial charge in [0, 0.05) is 35.7 Å². The summed E-state index contributed by atoms with van der Waals surface area (Å²) in [5.41, 5.74) is 1.77. The van der Waals surface area contributed by atoms with E-state index < -0.39 is 11.7 Å². The van der Waals surface area contributed by atoms with Gasteiger partial charge in [-0.2, -0.15) is 0 Å². The molecule has 1 atom stereocenters. The van der Waals surface area contributed by atoms with Crippen LogP contribution in [0.2, 0.25) is 5.02 Å². The summed E-state index contributed by atoms with van der Waals surface area (Å²) >= 11 is 6.09. The molecule has 0 radical (unpaired) electrons. The molecule has 0 aliphatic carbocycles. The highest BCUT2D eigenvalue weighted by Gasteiger charge is 2.28. The van der Waals surface area contributed by atoms with E-state index in [9.17, 15) is 14.0 Å². The third-order valence-corrected chi connectivity index (χ3v) is 4.43. The lowest BCUT2D eigenvalue weighted by molar-refractivity contribution is -0.121. The van der Waals surface area contributed by atoms with Gasteiger partial charge in [-0.05, 0) is 29.3 Å². The molecule has 128 valence electrons. The van der Waals surface area contributed by atoms with Crippen molar-refractivity contribution in [1.29, 1.82) is 0 Å². The third kappa shape index (κ3) is 4.06. The van der Waals surface area contributed by atoms with Crippen LogP contribution in [0.3, 0.4) is 0 Å². The summed E-state index contributed by atoms with van der Waals surface area (Å²) in [7, 11) is 0. The van der Waals surface area contributed by atoms with Gasteiger partial charge in [-0.25, -0.2) is 4.39 Å². The number of nitrogens with one attached hydrogen (secondary N) is 2. The Kier molecular flexibility index (Phi) is 5.14. The first kappa shape index (κ1) is 17.2. The van der Waals surface area contributed by atoms with Gasteiger partial charge in [0.25, 0.3) is 0 Å². The van der Waals surface area contributed by atoms with Crippen molar-refractivity contribution < 1.29 is 14.0 Å². The smallest absolute Gasteiger partial charge is 0.249 e. The zero-order valence-electron chi connectivity index (χ0n) is 13.3. The van der Waals surface area contributed by atoms with Crippen LogP contribution in [-0.2, 0) is 16.1 Å². The van der Waals surface area contributed by atoms with Crippen LogP contribution < -0.4 is 10.6 Å². The van der Waals surface area contributed by atoms with Crippen LogP contribution in [0.1, 0.15) is 23.5 Å². The maximum atomic E-state index is 13.5. The van der Waals surface area contributed by atoms with E-state index in [4.69, 9.17) is 11.6 Å². The van der Waals surface area contributed by atoms with Gasteiger partial charge in [-0.15, -0.1) is 0 Å². The summed E-state index contributed by atoms with van der Waals surface area (Å²) in [6.07, 6.45) is 1.48. The molecule has 2 aromatic rings. The van der Waals surface area contributed by atoms with E-state index in [2.05, 4.69) is 10.6 Å². The first-order chi connectivity index (χ1) is 12.0. The Balaban J connectivity index is 1.79. The van der Waals surface area contributed by atoms with Crippen molar-refractivity contribution in [2.24, 2.45) is 0 Å². The van der Waals surface area contributed by atoms with E-state index in [0.29, 0.717) is 16.2 Å². The third-order valence-electron chi connectivity index (χ3n) is 4.06. The van der Waals surface area contributed by atoms with Gasteiger partial charge in [0.15, 0.2) is 0 Å². The normalized spacial score (nSPS) is 16.8. The molecule has 1 heterocycles. The fourth-order valence-electron chi connectivity index (χ4n) is 2.78. The minimum absolute atomic E-state index is 0.0921. The van der Waals surface area contributed by atoms with Crippen LogP contribution in [0, 0.1) is 5.82 Å². The van der Waals surface area contributed by atoms with Crippen LogP contribution in [0.25, 0.3) is 0 Å². The Bertz CT molecular complexity index is 851. The molecule has 25 heavy (non-hydrogen) atoms. The van der Waals surface area contributed by atoms with Crippen molar-refractivity contribution in [3.05, 3.63) is 82.3 Å². The highest BCUT2D eigenvalue weighted by molar-refractivity contribution is 6.31. The Morgan fingerprint density at radius 1 is 1.24 bits per heavy atom. The fraction of sp³-hybridized carbons (Fsp3) is 0.158. The SMILES string of the molecule is O=C1C[C@@H](c2cccc(F)c2)C(C(=O)NCc2ccccc2Cl)=CN1. The molecule has 2 aromatic carbocycles. The summed E-state index contributed by atoms with van der Waals surface area (Å²) in [5.74, 6) is -1.43. The standard InChI is InChI=1S/C19H16ClFN2O2/c20-17-7-2-1-4-13(17)10-23-19(25)16-11-22-18(24)9-15(16)12-5-3-6-14(21)8-12/h1-8,11,15H,9-10H2,(H,22,24)(H,23,25)/t15-/m0/s1. The quantitative estimate of drug-likeness (QED) is 0.881. The number of rotatable bonds is 4. The molecular formula is C19H16ClFN2O2. The van der Waals surface area contributed by atoms with E-state index >= 15 is 0 Å². The molecule has 1 aliphatic heterocycles. The number of carbonyl (C=O) groups excluding carboxylic acids is 2. The molecule has 6 heteroatoms. The predicted molar refractivity (Wildman–Crippen MR) is 93.3 cm³/mol. The van der Waals surface area contributed by atoms with Gasteiger partial charge in [0.05, 0.1) is 0 Å². The molecule has 0 saturated carbocycles. The maximum Gasteiger partial charge on any atom is 0.249 e. The van der Waals surface area contributed by atoms with Crippen molar-refractivity contribution in [2.75, 3.05) is 0 Å². The number of benzene rings is 2. The Labute approximate surface area is 149 Å². The van der Waals surface area contributed by atoms with Gasteiger partial charge in [0.2, 0.25) is 11.8 Å². The first-order valence-electron chi connectivity index (χ1n) is 7.81. The van der Waals surface area contributed by atoms with E-state index in [1.807, 2.05) is 18.2 Å². The van der Waals surface area contributed by atoms with Crippen LogP contribution in [0.4, 0.5) is 4.39 Å². The molecule has 4 nitrogen and oxygen atoms in total. The lowest BCUT2D eigenvalue weighted by Gasteiger charge is -2.24. The minimum atomic E-state index is -0.490. The molecule has 3 rings (SSSR count). The molecule has 2 amide bonds. The average molecular weight is 359 g/mol. The Hall–Kier alpha value is -2.66. The van der Waals surface area contributed by atoms with Crippen molar-refractivity contribution in [2.45, 2.75) is 18.9 Å². The fourth-order valence-corrected chi connectivity index (χ4v) is 2.98. The zero-order chi connectivity index (χ0) is 17.8. The summed E-state index contributed by atoms with van der Waals surface area (Å²) in [6.45, 7) is 0.264. The van der Waals surface area contributed by atoms with Gasteiger partial charge in [-0.1, -0.05) is 41.9 Å². The molecular weight excluding hydrogens is 343 g/mol. The van der Waals surface area contributed by atoms with Gasteiger partial charge >= 0.3 is 0 Å². The minimum Gasteiger partial charge on any atom is -0.348 e. The molecule has 0 spiro atoms. The second kappa shape index (κ2) is 7.49. The molecule has 0 fully saturated rings. The summed E-state index contributed by atoms with van der Waals surface area (Å²) in [4.78, 5) is 24.3. The highest BCUT2D eigenvalue weighted by Crippen LogP contribution is 2.30. The van der Waals surface area contributed by atoms with Crippen LogP contribution in [0.5, 0.6) is 0 Å². The first-order valence-corrected chi connectivity index (χ1v) is 8.19. The van der Waals surface area contributed by atoms with Gasteiger partial charge in [0.1, 0.15) is 5.82 Å². The van der Waals surface area contributed by atoms with Crippen molar-refractivity contribution in [3.8, 4) is 0 Å². The largest absolute Gasteiger partial charge is 0.348 e. The molecule has 1 aliphatic rings. The lowest BCUT2D eigenvalue weighted by atomic mass is 9.86. The summed E-state index contributed by atoms with van der Waals surface area (Å²) in [6, 6.07) is 13.2. The molecule has 0 bridgehead atoms. The van der Waals surface area contributed by atoms with Crippen LogP contribution in [0.15, 0.2) is 60.3 Å². The van der Waals surface area contributed by atoms with Crippen LogP contribution in [-0.4, -0.2) is 11.8 Å². The van der Waals surface area contributed by atoms with E-state index in [1.165, 1.54) is 18.3 Å². The number of halogens is 2. The van der Waals surface area contributed by atoms with E-state index in [0.717, 1.165) is 5.56 Å². The van der Waals surface area contributed by atoms with Crippen molar-refractivity contribution in [3.63, 3.8) is 0 Å². The van der Waals surface area contributed by atoms with Crippen LogP contribution >= 0.6 is 11.6 Å². The predicted octanol–water partition coefficient (Wildman–Crippen LogP) is 3.28. The second-order valence-electron chi connectivity index (χ2n) is 5.75. The van der Waals surface area contributed by atoms with Crippen molar-refractivity contribution >= 4 is 23.4 Å². The topological polar surface area (TPSA) is 58.2 Å². The lowest BCUT2D eigenvalue weighted by Crippen LogP contribution is -2.34. The number of carbonyl (C=O) groups is 2. The van der Waals surface area contributed by atoms with Gasteiger partial charge in [-0.3, -0.25) is 9.59 Å². The number of hydrogen-bond acceptors (Lipinski definition) is 2. The Morgan fingerprint density at radius 2 is 2.04 bits per heavy atom. The van der Waals surface area contributed by atoms with Gasteiger partial charge < -0.3 is 10.6 Å². The zero-order valence-corrected chi connectivity index (χ0v) is 14.0. The maximum absolute atomic E-state index is 13.5.